The second-order valence-corrected chi connectivity index (χ2v) is 32.5. The molecule has 14 rings (SSSR count). The lowest BCUT2D eigenvalue weighted by Gasteiger charge is -2.48. The third-order valence-electron chi connectivity index (χ3n) is 21.3. The van der Waals surface area contributed by atoms with E-state index in [0.29, 0.717) is 11.3 Å². The highest BCUT2D eigenvalue weighted by atomic mass is 35.5. The van der Waals surface area contributed by atoms with Gasteiger partial charge in [0.05, 0.1) is 46.9 Å². The number of nitrogens with two attached hydrogens (primary N) is 1. The second-order valence-electron chi connectivity index (χ2n) is 30.8. The van der Waals surface area contributed by atoms with Crippen molar-refractivity contribution in [3.05, 3.63) is 175 Å². The minimum Gasteiger partial charge on any atom is -0.508 e. The Kier molecular flexibility index (Phi) is 29.3. The molecule has 8 heterocycles. The molecule has 0 spiro atoms. The summed E-state index contributed by atoms with van der Waals surface area (Å²) in [7, 11) is 2.72. The number of fused-ring (bicyclic) bond motifs is 15. The van der Waals surface area contributed by atoms with Crippen LogP contribution in [0.15, 0.2) is 116 Å². The van der Waals surface area contributed by atoms with E-state index in [1.54, 1.807) is 6.92 Å². The van der Waals surface area contributed by atoms with Gasteiger partial charge in [-0.2, -0.15) is 0 Å². The number of ether oxygens (including phenoxy) is 6. The zero-order valence-electron chi connectivity index (χ0n) is 67.1. The molecule has 11 bridgehead atoms. The van der Waals surface area contributed by atoms with Gasteiger partial charge in [-0.25, -0.2) is 5.48 Å². The number of phenols is 3. The molecule has 666 valence electrons. The van der Waals surface area contributed by atoms with E-state index < -0.39 is 260 Å². The second kappa shape index (κ2) is 39.5. The van der Waals surface area contributed by atoms with Gasteiger partial charge in [0, 0.05) is 70.9 Å². The normalized spacial score (nSPS) is 25.9. The molecule has 39 nitrogen and oxygen atoms in total. The Hall–Kier alpha value is -11.4. The van der Waals surface area contributed by atoms with Gasteiger partial charge >= 0.3 is 0 Å². The molecule has 6 aromatic carbocycles. The number of nitrogens with zero attached hydrogens (tertiary/aromatic N) is 1. The molecule has 2 saturated heterocycles. The lowest BCUT2D eigenvalue weighted by molar-refractivity contribution is -0.334. The number of carbonyl (C=O) groups excluding carboxylic acids is 10. The summed E-state index contributed by atoms with van der Waals surface area (Å²) < 4.78 is 39.5. The average Bonchev–Trinajstić information content (AvgIpc) is 0.761. The maximum atomic E-state index is 16.4. The number of pyridine rings is 1. The van der Waals surface area contributed by atoms with Crippen LogP contribution in [0.2, 0.25) is 20.1 Å². The maximum absolute atomic E-state index is 16.4. The Balaban J connectivity index is 1.03. The molecule has 0 radical (unpaired) electrons. The number of halogens is 4. The van der Waals surface area contributed by atoms with Crippen molar-refractivity contribution in [1.29, 1.82) is 0 Å². The van der Waals surface area contributed by atoms with Crippen LogP contribution in [-0.2, 0) is 68.7 Å². The Morgan fingerprint density at radius 1 is 0.688 bits per heavy atom. The molecule has 22 N–H and O–H groups in total. The molecule has 125 heavy (non-hydrogen) atoms. The molecule has 7 aliphatic rings. The van der Waals surface area contributed by atoms with Crippen molar-refractivity contribution in [3.8, 4) is 57.1 Å². The third-order valence-corrected chi connectivity index (χ3v) is 22.3. The van der Waals surface area contributed by atoms with Gasteiger partial charge < -0.3 is 133 Å². The van der Waals surface area contributed by atoms with Crippen molar-refractivity contribution in [2.75, 3.05) is 32.6 Å². The first kappa shape index (κ1) is 92.8. The van der Waals surface area contributed by atoms with Gasteiger partial charge in [-0.05, 0) is 145 Å². The number of likely N-dealkylation sites (N-methyl/N-ethyl adjacent to an activating group) is 2. The van der Waals surface area contributed by atoms with Crippen LogP contribution < -0.4 is 78.6 Å². The summed E-state index contributed by atoms with van der Waals surface area (Å²) in [5.74, 6) is -17.3. The van der Waals surface area contributed by atoms with Gasteiger partial charge in [0.25, 0.3) is 11.8 Å². The zero-order valence-corrected chi connectivity index (χ0v) is 70.1. The molecule has 43 heteroatoms. The van der Waals surface area contributed by atoms with Crippen LogP contribution in [0.3, 0.4) is 0 Å². The molecule has 10 amide bonds. The number of phenolic OH excluding ortho intramolecular Hbond substituents is 3. The SMILES string of the molecule is CNC(=O)CONC(=O)C1NC(=O)C2NC(=O)C(NC(=O)C3NC(=O)C(CC(N)=O)NC(=O)C(NC(=O)C(CC(C)C)NC)C(O)c4ccc(c(Cl)c4)Oc4cc3cc(c4OC3OC(CO)C(O)C(O)C3OC3CC(C)(NCc4cncc(C(=O)Nc5cc(Cl)cc(Cl)c5)c4)C(O)C(C)O3)Oc3ccc(cc3Cl)C2O)c2ccc(O)c(c2)-c2c(O)cc(O)cc21. The van der Waals surface area contributed by atoms with Gasteiger partial charge in [0.2, 0.25) is 59.3 Å². The highest BCUT2D eigenvalue weighted by Gasteiger charge is 2.52. The molecular formula is C82H89Cl4N13O26. The number of carbonyl (C=O) groups is 10. The molecule has 7 aromatic rings. The number of aliphatic hydroxyl groups excluding tert-OH is 6. The van der Waals surface area contributed by atoms with Crippen molar-refractivity contribution in [1.82, 2.24) is 58.3 Å². The van der Waals surface area contributed by atoms with E-state index in [2.05, 4.69) is 58.2 Å². The summed E-state index contributed by atoms with van der Waals surface area (Å²) in [4.78, 5) is 155. The number of amides is 10. The number of aliphatic hydroxyl groups is 6. The molecule has 7 aliphatic heterocycles. The zero-order chi connectivity index (χ0) is 90.5. The summed E-state index contributed by atoms with van der Waals surface area (Å²) in [5, 5.41) is 133. The number of hydroxylamine groups is 1. The minimum absolute atomic E-state index is 0.0561. The van der Waals surface area contributed by atoms with Gasteiger partial charge in [-0.3, -0.25) is 57.8 Å². The van der Waals surface area contributed by atoms with Crippen molar-refractivity contribution < 1.29 is 127 Å². The summed E-state index contributed by atoms with van der Waals surface area (Å²) in [6.45, 7) is 4.85. The van der Waals surface area contributed by atoms with Gasteiger partial charge in [-0.1, -0.05) is 78.5 Å². The van der Waals surface area contributed by atoms with Crippen LogP contribution in [0.25, 0.3) is 11.1 Å². The highest BCUT2D eigenvalue weighted by Crippen LogP contribution is 2.50. The van der Waals surface area contributed by atoms with E-state index in [4.69, 9.17) is 85.4 Å². The molecule has 2 fully saturated rings. The third kappa shape index (κ3) is 21.3. The van der Waals surface area contributed by atoms with E-state index in [1.165, 1.54) is 69.8 Å². The van der Waals surface area contributed by atoms with Crippen LogP contribution in [0, 0.1) is 5.92 Å². The number of benzene rings is 6. The predicted octanol–water partition coefficient (Wildman–Crippen LogP) is 2.60. The van der Waals surface area contributed by atoms with Crippen LogP contribution in [0.4, 0.5) is 5.69 Å². The average molecular weight is 1810 g/mol. The Bertz CT molecular complexity index is 5310. The lowest BCUT2D eigenvalue weighted by atomic mass is 9.84. The predicted molar refractivity (Wildman–Crippen MR) is 441 cm³/mol. The first-order valence-corrected chi connectivity index (χ1v) is 40.4. The van der Waals surface area contributed by atoms with Crippen molar-refractivity contribution >= 4 is 111 Å². The van der Waals surface area contributed by atoms with Crippen molar-refractivity contribution in [2.45, 2.75) is 163 Å². The van der Waals surface area contributed by atoms with Crippen LogP contribution in [-0.4, -0.2) is 216 Å². The van der Waals surface area contributed by atoms with Crippen molar-refractivity contribution in [3.63, 3.8) is 0 Å². The summed E-state index contributed by atoms with van der Waals surface area (Å²) in [6, 6.07) is 5.04. The Morgan fingerprint density at radius 2 is 1.33 bits per heavy atom. The largest absolute Gasteiger partial charge is 0.508 e. The first-order chi connectivity index (χ1) is 59.3. The number of rotatable bonds is 21. The fraction of sp³-hybridized carbons (Fsp3) is 0.378. The molecule has 18 unspecified atom stereocenters. The molecule has 0 aliphatic carbocycles. The summed E-state index contributed by atoms with van der Waals surface area (Å²) in [5.41, 5.74) is 4.32. The number of aromatic hydroxyl groups is 3. The number of aromatic nitrogens is 1. The van der Waals surface area contributed by atoms with E-state index >= 15 is 24.0 Å². The number of hydrogen-bond donors (Lipinski definition) is 21. The fourth-order valence-corrected chi connectivity index (χ4v) is 15.8. The lowest BCUT2D eigenvalue weighted by Crippen LogP contribution is -2.65. The molecule has 1 aromatic heterocycles. The van der Waals surface area contributed by atoms with Crippen molar-refractivity contribution in [2.24, 2.45) is 11.7 Å². The summed E-state index contributed by atoms with van der Waals surface area (Å²) >= 11 is 26.8. The summed E-state index contributed by atoms with van der Waals surface area (Å²) in [6.07, 6.45) is -16.8. The minimum atomic E-state index is -2.41. The number of hydrogen-bond acceptors (Lipinski definition) is 29. The van der Waals surface area contributed by atoms with E-state index in [1.807, 2.05) is 19.3 Å². The highest BCUT2D eigenvalue weighted by molar-refractivity contribution is 6.35. The fourth-order valence-electron chi connectivity index (χ4n) is 14.8. The van der Waals surface area contributed by atoms with E-state index in [0.717, 1.165) is 66.7 Å². The van der Waals surface area contributed by atoms with E-state index in [-0.39, 0.29) is 63.4 Å². The van der Waals surface area contributed by atoms with Gasteiger partial charge in [-0.15, -0.1) is 0 Å². The molecular weight excluding hydrogens is 1720 g/mol. The topological polar surface area (TPSA) is 589 Å². The first-order valence-electron chi connectivity index (χ1n) is 38.9. The quantitative estimate of drug-likeness (QED) is 0.0460. The molecule has 0 saturated carbocycles. The van der Waals surface area contributed by atoms with Gasteiger partial charge in [0.15, 0.2) is 30.5 Å². The standard InChI is InChI=1S/C82H89Cl4N13O26/c1-32(2)13-48(88-5)74(112)97-64-66(106)36-8-11-52(46(85)16-36)121-54-18-38-19-55(70(54)125-81-71(69(109)68(108)56(30-100)123-81)124-59-26-82(4,72(110)33(3)120-59)91-28-34-14-39(29-90-27-34)73(111)92-42-21-40(83)20-41(84)22-42)122-53-12-9-37(17-47(53)86)67(107)65-79(117)96-63(80(118)99-119-31-58(105)89-6)45-23-43(101)24-51(103)60(45)44-15-35(7-10-50(44)102)61(76(114)98-65)95-77(115)62(38)94-75(113)49(25-57(87)104)93-78(64)116/h7-12,14-24,27,29,32-33,48-49,56,59,61-69,71-72,81,88,91,100-103,106-110H,13,25-26,28,30-31H2,1-6H3,(H2,87,104)(H,89,105)(H,92,111)(H,93,116)(H,94,113)(H,95,115)(H,96,117)(H,97,112)(H,98,114)(H,99,118). The Labute approximate surface area is 731 Å². The van der Waals surface area contributed by atoms with Crippen LogP contribution >= 0.6 is 46.4 Å². The van der Waals surface area contributed by atoms with Crippen LogP contribution in [0.1, 0.15) is 121 Å². The Morgan fingerprint density at radius 3 is 1.96 bits per heavy atom. The maximum Gasteiger partial charge on any atom is 0.270 e. The van der Waals surface area contributed by atoms with E-state index in [9.17, 15) is 69.9 Å². The number of nitrogens with one attached hydrogen (secondary N) is 11. The number of anilines is 1. The van der Waals surface area contributed by atoms with Gasteiger partial charge in [0.1, 0.15) is 95.5 Å². The smallest absolute Gasteiger partial charge is 0.270 e. The monoisotopic (exact) mass is 1810 g/mol. The number of primary amides is 1. The van der Waals surface area contributed by atoms with Crippen LogP contribution in [0.5, 0.6) is 46.0 Å². The molecule has 18 atom stereocenters.